The SMILES string of the molecule is CCCc1nc2cn[n+](C)cc2[nH]1. The summed E-state index contributed by atoms with van der Waals surface area (Å²) >= 11 is 0. The lowest BCUT2D eigenvalue weighted by atomic mass is 10.3. The van der Waals surface area contributed by atoms with E-state index >= 15 is 0 Å². The van der Waals surface area contributed by atoms with Gasteiger partial charge in [0.05, 0.1) is 0 Å². The monoisotopic (exact) mass is 177 g/mol. The Labute approximate surface area is 76.6 Å². The minimum absolute atomic E-state index is 0.946. The zero-order valence-corrected chi connectivity index (χ0v) is 7.91. The first-order valence-corrected chi connectivity index (χ1v) is 4.50. The van der Waals surface area contributed by atoms with Gasteiger partial charge in [0.1, 0.15) is 23.1 Å². The second-order valence-electron chi connectivity index (χ2n) is 3.18. The van der Waals surface area contributed by atoms with Crippen molar-refractivity contribution in [3.63, 3.8) is 0 Å². The number of nitrogens with one attached hydrogen (secondary N) is 1. The molecule has 0 aliphatic heterocycles. The number of rotatable bonds is 2. The summed E-state index contributed by atoms with van der Waals surface area (Å²) in [4.78, 5) is 7.68. The summed E-state index contributed by atoms with van der Waals surface area (Å²) in [6.45, 7) is 2.14. The summed E-state index contributed by atoms with van der Waals surface area (Å²) in [6, 6.07) is 0. The van der Waals surface area contributed by atoms with E-state index in [1.807, 2.05) is 13.2 Å². The van der Waals surface area contributed by atoms with Crippen molar-refractivity contribution < 1.29 is 4.68 Å². The van der Waals surface area contributed by atoms with E-state index in [9.17, 15) is 0 Å². The highest BCUT2D eigenvalue weighted by Crippen LogP contribution is 2.07. The van der Waals surface area contributed by atoms with Gasteiger partial charge in [-0.15, -0.1) is 0 Å². The van der Waals surface area contributed by atoms with E-state index in [0.717, 1.165) is 29.7 Å². The van der Waals surface area contributed by atoms with Crippen molar-refractivity contribution in [2.75, 3.05) is 0 Å². The summed E-state index contributed by atoms with van der Waals surface area (Å²) in [5, 5.41) is 4.11. The lowest BCUT2D eigenvalue weighted by Crippen LogP contribution is -2.31. The lowest BCUT2D eigenvalue weighted by Gasteiger charge is -1.86. The van der Waals surface area contributed by atoms with Crippen molar-refractivity contribution in [2.45, 2.75) is 19.8 Å². The Morgan fingerprint density at radius 1 is 1.54 bits per heavy atom. The van der Waals surface area contributed by atoms with Gasteiger partial charge in [0.2, 0.25) is 6.20 Å². The molecule has 0 saturated carbocycles. The lowest BCUT2D eigenvalue weighted by molar-refractivity contribution is -0.729. The molecule has 0 unspecified atom stereocenters. The fraction of sp³-hybridized carbons (Fsp3) is 0.444. The van der Waals surface area contributed by atoms with Crippen molar-refractivity contribution in [2.24, 2.45) is 7.05 Å². The summed E-state index contributed by atoms with van der Waals surface area (Å²) in [5.74, 6) is 1.05. The second kappa shape index (κ2) is 3.12. The van der Waals surface area contributed by atoms with Crippen LogP contribution in [0.15, 0.2) is 12.4 Å². The van der Waals surface area contributed by atoms with E-state index in [-0.39, 0.29) is 0 Å². The Morgan fingerprint density at radius 2 is 2.38 bits per heavy atom. The molecule has 2 heterocycles. The molecule has 0 spiro atoms. The average Bonchev–Trinajstić information content (AvgIpc) is 2.46. The molecule has 2 aromatic heterocycles. The highest BCUT2D eigenvalue weighted by Gasteiger charge is 2.05. The number of aromatic amines is 1. The molecule has 0 fully saturated rings. The molecule has 0 amide bonds. The minimum Gasteiger partial charge on any atom is -0.337 e. The number of hydrogen-bond acceptors (Lipinski definition) is 2. The maximum absolute atomic E-state index is 4.41. The van der Waals surface area contributed by atoms with Gasteiger partial charge in [-0.3, -0.25) is 0 Å². The topological polar surface area (TPSA) is 45.5 Å². The van der Waals surface area contributed by atoms with Crippen LogP contribution in [0.2, 0.25) is 0 Å². The zero-order valence-electron chi connectivity index (χ0n) is 7.91. The molecule has 0 radical (unpaired) electrons. The molecule has 0 aliphatic carbocycles. The molecule has 0 atom stereocenters. The van der Waals surface area contributed by atoms with Crippen LogP contribution in [0.25, 0.3) is 11.0 Å². The number of nitrogens with zero attached hydrogens (tertiary/aromatic N) is 3. The van der Waals surface area contributed by atoms with Crippen LogP contribution in [0.5, 0.6) is 0 Å². The van der Waals surface area contributed by atoms with Gasteiger partial charge in [-0.2, -0.15) is 0 Å². The first kappa shape index (κ1) is 8.16. The molecular weight excluding hydrogens is 164 g/mol. The predicted octanol–water partition coefficient (Wildman–Crippen LogP) is 0.735. The van der Waals surface area contributed by atoms with E-state index in [1.54, 1.807) is 10.9 Å². The fourth-order valence-electron chi connectivity index (χ4n) is 1.37. The quantitative estimate of drug-likeness (QED) is 0.687. The van der Waals surface area contributed by atoms with E-state index in [0.29, 0.717) is 0 Å². The average molecular weight is 177 g/mol. The number of aromatic nitrogens is 4. The number of H-pyrrole nitrogens is 1. The molecule has 68 valence electrons. The van der Waals surface area contributed by atoms with Gasteiger partial charge in [-0.1, -0.05) is 11.6 Å². The van der Waals surface area contributed by atoms with Crippen molar-refractivity contribution >= 4 is 11.0 Å². The van der Waals surface area contributed by atoms with Crippen molar-refractivity contribution in [3.8, 4) is 0 Å². The normalized spacial score (nSPS) is 10.9. The summed E-state index contributed by atoms with van der Waals surface area (Å²) in [5.41, 5.74) is 2.00. The molecule has 2 rings (SSSR count). The van der Waals surface area contributed by atoms with Gasteiger partial charge < -0.3 is 4.98 Å². The zero-order chi connectivity index (χ0) is 9.26. The highest BCUT2D eigenvalue weighted by molar-refractivity contribution is 5.71. The van der Waals surface area contributed by atoms with Crippen LogP contribution in [-0.4, -0.2) is 15.1 Å². The molecule has 4 nitrogen and oxygen atoms in total. The van der Waals surface area contributed by atoms with Gasteiger partial charge >= 0.3 is 0 Å². The molecule has 4 heteroatoms. The highest BCUT2D eigenvalue weighted by atomic mass is 15.2. The third-order valence-corrected chi connectivity index (χ3v) is 1.98. The van der Waals surface area contributed by atoms with Crippen molar-refractivity contribution in [3.05, 3.63) is 18.2 Å². The van der Waals surface area contributed by atoms with Crippen LogP contribution in [0, 0.1) is 0 Å². The summed E-state index contributed by atoms with van der Waals surface area (Å²) in [7, 11) is 1.90. The van der Waals surface area contributed by atoms with Crippen molar-refractivity contribution in [1.29, 1.82) is 0 Å². The van der Waals surface area contributed by atoms with E-state index in [4.69, 9.17) is 0 Å². The Hall–Kier alpha value is -1.45. The molecule has 0 saturated heterocycles. The van der Waals surface area contributed by atoms with Crippen LogP contribution in [0.1, 0.15) is 19.2 Å². The Morgan fingerprint density at radius 3 is 3.15 bits per heavy atom. The number of imidazole rings is 1. The van der Waals surface area contributed by atoms with Gasteiger partial charge in [0.25, 0.3) is 0 Å². The summed E-state index contributed by atoms with van der Waals surface area (Å²) in [6.07, 6.45) is 5.84. The Balaban J connectivity index is 2.49. The standard InChI is InChI=1S/C9H12N4/c1-3-4-9-11-7-5-10-13(2)6-8(7)12-9/h5-6H,3-4H2,1-2H3/p+1. The Bertz CT molecular complexity index is 418. The third kappa shape index (κ3) is 1.52. The van der Waals surface area contributed by atoms with E-state index in [1.165, 1.54) is 0 Å². The molecule has 0 aliphatic rings. The maximum atomic E-state index is 4.41. The van der Waals surface area contributed by atoms with Gasteiger partial charge in [-0.25, -0.2) is 4.98 Å². The second-order valence-corrected chi connectivity index (χ2v) is 3.18. The van der Waals surface area contributed by atoms with Gasteiger partial charge in [0.15, 0.2) is 7.05 Å². The Kier molecular flexibility index (Phi) is 1.96. The number of fused-ring (bicyclic) bond motifs is 1. The first-order chi connectivity index (χ1) is 6.29. The predicted molar refractivity (Wildman–Crippen MR) is 49.1 cm³/mol. The third-order valence-electron chi connectivity index (χ3n) is 1.98. The maximum Gasteiger partial charge on any atom is 0.221 e. The van der Waals surface area contributed by atoms with Gasteiger partial charge in [0, 0.05) is 6.42 Å². The fourth-order valence-corrected chi connectivity index (χ4v) is 1.37. The first-order valence-electron chi connectivity index (χ1n) is 4.50. The van der Waals surface area contributed by atoms with Crippen LogP contribution < -0.4 is 4.68 Å². The summed E-state index contributed by atoms with van der Waals surface area (Å²) < 4.78 is 1.77. The molecule has 1 N–H and O–H groups in total. The molecule has 0 aromatic carbocycles. The number of hydrogen-bond donors (Lipinski definition) is 1. The largest absolute Gasteiger partial charge is 0.337 e. The molecule has 13 heavy (non-hydrogen) atoms. The van der Waals surface area contributed by atoms with Crippen LogP contribution >= 0.6 is 0 Å². The van der Waals surface area contributed by atoms with Crippen molar-refractivity contribution in [1.82, 2.24) is 15.1 Å². The smallest absolute Gasteiger partial charge is 0.221 e. The van der Waals surface area contributed by atoms with Crippen LogP contribution in [-0.2, 0) is 13.5 Å². The van der Waals surface area contributed by atoms with Crippen LogP contribution in [0.4, 0.5) is 0 Å². The van der Waals surface area contributed by atoms with E-state index in [2.05, 4.69) is 22.0 Å². The number of aryl methyl sites for hydroxylation is 2. The molecular formula is C9H13N4+. The molecule has 0 bridgehead atoms. The van der Waals surface area contributed by atoms with Crippen LogP contribution in [0.3, 0.4) is 0 Å². The minimum atomic E-state index is 0.946. The molecule has 2 aromatic rings. The van der Waals surface area contributed by atoms with E-state index < -0.39 is 0 Å². The van der Waals surface area contributed by atoms with Gasteiger partial charge in [-0.05, 0) is 11.5 Å².